The van der Waals surface area contributed by atoms with Gasteiger partial charge in [-0.15, -0.1) is 0 Å². The number of hydrogen-bond acceptors (Lipinski definition) is 3. The topological polar surface area (TPSA) is 99.3 Å². The molecule has 1 aromatic heterocycles. The Labute approximate surface area is 111 Å². The number of hydrogen-bond donors (Lipinski definition) is 3. The van der Waals surface area contributed by atoms with Crippen molar-refractivity contribution in [2.45, 2.75) is 0 Å². The number of rotatable bonds is 3. The molecule has 0 aliphatic heterocycles. The average molecular weight is 276 g/mol. The summed E-state index contributed by atoms with van der Waals surface area (Å²) in [5.74, 6) is -2.81. The summed E-state index contributed by atoms with van der Waals surface area (Å²) in [6, 6.07) is 5.54. The quantitative estimate of drug-likeness (QED) is 0.790. The van der Waals surface area contributed by atoms with E-state index in [-0.39, 0.29) is 16.8 Å². The van der Waals surface area contributed by atoms with Crippen molar-refractivity contribution in [2.75, 3.05) is 5.32 Å². The first-order valence-electron chi connectivity index (χ1n) is 5.50. The van der Waals surface area contributed by atoms with Crippen LogP contribution in [-0.2, 0) is 0 Å². The van der Waals surface area contributed by atoms with Crippen molar-refractivity contribution in [2.24, 2.45) is 0 Å². The van der Waals surface area contributed by atoms with Crippen molar-refractivity contribution in [3.8, 4) is 0 Å². The number of amides is 1. The van der Waals surface area contributed by atoms with Gasteiger partial charge in [0.15, 0.2) is 0 Å². The minimum absolute atomic E-state index is 0.0652. The maximum Gasteiger partial charge on any atom is 0.335 e. The van der Waals surface area contributed by atoms with Gasteiger partial charge < -0.3 is 15.4 Å². The number of carbonyl (C=O) groups is 2. The Morgan fingerprint density at radius 2 is 1.90 bits per heavy atom. The molecule has 0 saturated heterocycles. The van der Waals surface area contributed by atoms with Crippen molar-refractivity contribution in [1.82, 2.24) is 4.98 Å². The van der Waals surface area contributed by atoms with Gasteiger partial charge in [-0.25, -0.2) is 9.18 Å². The highest BCUT2D eigenvalue weighted by Crippen LogP contribution is 2.16. The lowest BCUT2D eigenvalue weighted by molar-refractivity contribution is 0.0696. The van der Waals surface area contributed by atoms with E-state index in [0.29, 0.717) is 0 Å². The lowest BCUT2D eigenvalue weighted by atomic mass is 10.2. The molecule has 0 saturated carbocycles. The molecule has 1 amide bonds. The number of carboxylic acid groups (broad SMARTS) is 1. The largest absolute Gasteiger partial charge is 0.478 e. The van der Waals surface area contributed by atoms with Gasteiger partial charge in [0.2, 0.25) is 5.56 Å². The second-order valence-electron chi connectivity index (χ2n) is 3.90. The van der Waals surface area contributed by atoms with Crippen LogP contribution in [0.4, 0.5) is 10.1 Å². The Morgan fingerprint density at radius 1 is 1.15 bits per heavy atom. The van der Waals surface area contributed by atoms with Crippen molar-refractivity contribution < 1.29 is 19.1 Å². The van der Waals surface area contributed by atoms with Crippen LogP contribution in [0.15, 0.2) is 41.3 Å². The van der Waals surface area contributed by atoms with Gasteiger partial charge in [-0.2, -0.15) is 0 Å². The molecule has 2 rings (SSSR count). The predicted octanol–water partition coefficient (Wildman–Crippen LogP) is 1.46. The fourth-order valence-corrected chi connectivity index (χ4v) is 1.53. The molecule has 0 radical (unpaired) electrons. The van der Waals surface area contributed by atoms with Crippen LogP contribution in [0.3, 0.4) is 0 Å². The number of aromatic nitrogens is 1. The van der Waals surface area contributed by atoms with Crippen LogP contribution < -0.4 is 10.9 Å². The molecule has 0 aliphatic carbocycles. The van der Waals surface area contributed by atoms with E-state index in [0.717, 1.165) is 18.2 Å². The molecule has 0 aliphatic rings. The SMILES string of the molecule is O=C(O)c1ccc(NC(=O)c2cc[nH]c(=O)c2)c(F)c1. The lowest BCUT2D eigenvalue weighted by Gasteiger charge is -2.06. The van der Waals surface area contributed by atoms with E-state index in [1.54, 1.807) is 0 Å². The Bertz CT molecular complexity index is 739. The summed E-state index contributed by atoms with van der Waals surface area (Å²) < 4.78 is 13.6. The maximum absolute atomic E-state index is 13.6. The second-order valence-corrected chi connectivity index (χ2v) is 3.90. The lowest BCUT2D eigenvalue weighted by Crippen LogP contribution is -2.16. The predicted molar refractivity (Wildman–Crippen MR) is 68.4 cm³/mol. The number of anilines is 1. The van der Waals surface area contributed by atoms with Gasteiger partial charge in [-0.05, 0) is 24.3 Å². The number of pyridine rings is 1. The molecule has 7 heteroatoms. The van der Waals surface area contributed by atoms with E-state index in [4.69, 9.17) is 5.11 Å². The number of nitrogens with one attached hydrogen (secondary N) is 2. The molecule has 0 bridgehead atoms. The highest BCUT2D eigenvalue weighted by atomic mass is 19.1. The third-order valence-corrected chi connectivity index (χ3v) is 2.50. The molecule has 102 valence electrons. The van der Waals surface area contributed by atoms with Gasteiger partial charge in [-0.1, -0.05) is 0 Å². The first kappa shape index (κ1) is 13.5. The summed E-state index contributed by atoms with van der Waals surface area (Å²) in [6.07, 6.45) is 1.29. The first-order valence-corrected chi connectivity index (χ1v) is 5.50. The highest BCUT2D eigenvalue weighted by molar-refractivity contribution is 6.04. The zero-order valence-electron chi connectivity index (χ0n) is 10.0. The normalized spacial score (nSPS) is 10.1. The molecule has 1 aromatic carbocycles. The summed E-state index contributed by atoms with van der Waals surface area (Å²) in [5, 5.41) is 11.0. The summed E-state index contributed by atoms with van der Waals surface area (Å²) in [6.45, 7) is 0. The molecule has 2 aromatic rings. The fraction of sp³-hybridized carbons (Fsp3) is 0. The van der Waals surface area contributed by atoms with Crippen LogP contribution >= 0.6 is 0 Å². The summed E-state index contributed by atoms with van der Waals surface area (Å²) in [5.41, 5.74) is -0.785. The monoisotopic (exact) mass is 276 g/mol. The molecule has 1 heterocycles. The average Bonchev–Trinajstić information content (AvgIpc) is 2.40. The van der Waals surface area contributed by atoms with E-state index in [2.05, 4.69) is 10.3 Å². The maximum atomic E-state index is 13.6. The summed E-state index contributed by atoms with van der Waals surface area (Å²) >= 11 is 0. The fourth-order valence-electron chi connectivity index (χ4n) is 1.53. The molecule has 20 heavy (non-hydrogen) atoms. The Hall–Kier alpha value is -2.96. The number of benzene rings is 1. The van der Waals surface area contributed by atoms with Crippen molar-refractivity contribution in [3.63, 3.8) is 0 Å². The molecule has 0 unspecified atom stereocenters. The van der Waals surface area contributed by atoms with Gasteiger partial charge in [0, 0.05) is 17.8 Å². The minimum atomic E-state index is -1.27. The molecular weight excluding hydrogens is 267 g/mol. The number of carbonyl (C=O) groups excluding carboxylic acids is 1. The zero-order chi connectivity index (χ0) is 14.7. The van der Waals surface area contributed by atoms with Crippen LogP contribution in [0, 0.1) is 5.82 Å². The molecular formula is C13H9FN2O4. The van der Waals surface area contributed by atoms with Crippen LogP contribution in [0.2, 0.25) is 0 Å². The number of aromatic carboxylic acids is 1. The number of halogens is 1. The van der Waals surface area contributed by atoms with E-state index in [9.17, 15) is 18.8 Å². The Kier molecular flexibility index (Phi) is 3.60. The van der Waals surface area contributed by atoms with Crippen LogP contribution in [0.5, 0.6) is 0 Å². The van der Waals surface area contributed by atoms with E-state index >= 15 is 0 Å². The molecule has 0 spiro atoms. The van der Waals surface area contributed by atoms with Gasteiger partial charge in [-0.3, -0.25) is 9.59 Å². The first-order chi connectivity index (χ1) is 9.47. The molecule has 6 nitrogen and oxygen atoms in total. The third-order valence-electron chi connectivity index (χ3n) is 2.50. The Morgan fingerprint density at radius 3 is 2.50 bits per heavy atom. The van der Waals surface area contributed by atoms with E-state index in [1.165, 1.54) is 18.3 Å². The van der Waals surface area contributed by atoms with Gasteiger partial charge >= 0.3 is 5.97 Å². The van der Waals surface area contributed by atoms with Gasteiger partial charge in [0.05, 0.1) is 11.3 Å². The van der Waals surface area contributed by atoms with Gasteiger partial charge in [0.25, 0.3) is 5.91 Å². The summed E-state index contributed by atoms with van der Waals surface area (Å²) in [4.78, 5) is 35.8. The van der Waals surface area contributed by atoms with Crippen LogP contribution in [0.1, 0.15) is 20.7 Å². The van der Waals surface area contributed by atoms with Crippen molar-refractivity contribution in [1.29, 1.82) is 0 Å². The van der Waals surface area contributed by atoms with Crippen molar-refractivity contribution >= 4 is 17.6 Å². The molecule has 0 fully saturated rings. The van der Waals surface area contributed by atoms with Crippen LogP contribution in [0.25, 0.3) is 0 Å². The van der Waals surface area contributed by atoms with E-state index in [1.807, 2.05) is 0 Å². The smallest absolute Gasteiger partial charge is 0.335 e. The minimum Gasteiger partial charge on any atom is -0.478 e. The zero-order valence-corrected chi connectivity index (χ0v) is 10.0. The van der Waals surface area contributed by atoms with Gasteiger partial charge in [0.1, 0.15) is 5.82 Å². The molecule has 0 atom stereocenters. The van der Waals surface area contributed by atoms with E-state index < -0.39 is 23.3 Å². The summed E-state index contributed by atoms with van der Waals surface area (Å²) in [7, 11) is 0. The van der Waals surface area contributed by atoms with Crippen molar-refractivity contribution in [3.05, 3.63) is 63.8 Å². The number of carboxylic acids is 1. The number of H-pyrrole nitrogens is 1. The van der Waals surface area contributed by atoms with Crippen LogP contribution in [-0.4, -0.2) is 22.0 Å². The Balaban J connectivity index is 2.24. The molecule has 3 N–H and O–H groups in total. The standard InChI is InChI=1S/C13H9FN2O4/c14-9-5-8(13(19)20)1-2-10(9)16-12(18)7-3-4-15-11(17)6-7/h1-6H,(H,15,17)(H,16,18)(H,19,20). The number of aromatic amines is 1. The third kappa shape index (κ3) is 2.89. The second kappa shape index (κ2) is 5.35. The highest BCUT2D eigenvalue weighted by Gasteiger charge is 2.12.